The quantitative estimate of drug-likeness (QED) is 0.333. The molecule has 4 N–H and O–H groups in total. The van der Waals surface area contributed by atoms with Crippen molar-refractivity contribution >= 4 is 12.2 Å². The number of aromatic nitrogens is 1. The van der Waals surface area contributed by atoms with Gasteiger partial charge in [-0.2, -0.15) is 0 Å². The van der Waals surface area contributed by atoms with Crippen LogP contribution in [0.25, 0.3) is 11.1 Å². The summed E-state index contributed by atoms with van der Waals surface area (Å²) in [5, 5.41) is 17.8. The number of benzene rings is 2. The zero-order valence-electron chi connectivity index (χ0n) is 22.7. The lowest BCUT2D eigenvalue weighted by Gasteiger charge is -2.45. The number of hydrogen-bond acceptors (Lipinski definition) is 5. The van der Waals surface area contributed by atoms with Gasteiger partial charge in [-0.25, -0.2) is 9.59 Å². The summed E-state index contributed by atoms with van der Waals surface area (Å²) < 4.78 is 6.14. The lowest BCUT2D eigenvalue weighted by atomic mass is 9.80. The van der Waals surface area contributed by atoms with E-state index >= 15 is 0 Å². The molecule has 206 valence electrons. The van der Waals surface area contributed by atoms with Crippen LogP contribution in [0, 0.1) is 0 Å². The molecule has 2 aliphatic rings. The molecule has 8 nitrogen and oxygen atoms in total. The van der Waals surface area contributed by atoms with Crippen LogP contribution < -0.4 is 5.73 Å². The molecule has 2 amide bonds. The molecular formula is C31H37N3O5. The van der Waals surface area contributed by atoms with Crippen LogP contribution in [0.5, 0.6) is 0 Å². The maximum atomic E-state index is 13.3. The van der Waals surface area contributed by atoms with Gasteiger partial charge in [-0.1, -0.05) is 60.7 Å². The summed E-state index contributed by atoms with van der Waals surface area (Å²) in [5.74, 6) is 0.653. The Morgan fingerprint density at radius 3 is 2.23 bits per heavy atom. The zero-order valence-corrected chi connectivity index (χ0v) is 22.7. The molecule has 2 heterocycles. The number of carboxylic acid groups (broad SMARTS) is 1. The minimum absolute atomic E-state index is 0.122. The van der Waals surface area contributed by atoms with E-state index in [9.17, 15) is 9.90 Å². The minimum atomic E-state index is -1.33. The van der Waals surface area contributed by atoms with Gasteiger partial charge < -0.3 is 25.6 Å². The fourth-order valence-corrected chi connectivity index (χ4v) is 5.22. The molecule has 0 unspecified atom stereocenters. The van der Waals surface area contributed by atoms with Gasteiger partial charge in [0, 0.05) is 42.8 Å². The number of ether oxygens (including phenoxy) is 1. The molecule has 1 saturated carbocycles. The van der Waals surface area contributed by atoms with Crippen molar-refractivity contribution < 1.29 is 24.5 Å². The van der Waals surface area contributed by atoms with Gasteiger partial charge in [0.05, 0.1) is 11.6 Å². The Morgan fingerprint density at radius 1 is 1.10 bits per heavy atom. The molecule has 2 aromatic carbocycles. The highest BCUT2D eigenvalue weighted by Crippen LogP contribution is 2.42. The largest absolute Gasteiger partial charge is 0.465 e. The lowest BCUT2D eigenvalue weighted by Crippen LogP contribution is -2.51. The average molecular weight is 532 g/mol. The highest BCUT2D eigenvalue weighted by molar-refractivity contribution is 5.70. The molecule has 5 rings (SSSR count). The van der Waals surface area contributed by atoms with Gasteiger partial charge in [0.25, 0.3) is 0 Å². The number of carbonyl (C=O) groups excluding carboxylic acids is 1. The highest BCUT2D eigenvalue weighted by atomic mass is 16.6. The molecule has 2 atom stereocenters. The Kier molecular flexibility index (Phi) is 8.25. The van der Waals surface area contributed by atoms with E-state index in [1.807, 2.05) is 43.5 Å². The Morgan fingerprint density at radius 2 is 1.72 bits per heavy atom. The van der Waals surface area contributed by atoms with Gasteiger partial charge >= 0.3 is 12.2 Å². The van der Waals surface area contributed by atoms with E-state index in [0.29, 0.717) is 25.3 Å². The number of carbonyl (C=O) groups is 2. The lowest BCUT2D eigenvalue weighted by molar-refractivity contribution is -0.101. The normalized spacial score (nSPS) is 19.9. The maximum absolute atomic E-state index is 13.3. The fraction of sp³-hybridized carbons (Fsp3) is 0.387. The van der Waals surface area contributed by atoms with Gasteiger partial charge in [-0.15, -0.1) is 0 Å². The van der Waals surface area contributed by atoms with Crippen LogP contribution in [0.3, 0.4) is 0 Å². The molecule has 1 aliphatic heterocycles. The van der Waals surface area contributed by atoms with Crippen LogP contribution >= 0.6 is 0 Å². The van der Waals surface area contributed by atoms with Crippen LogP contribution in [0.2, 0.25) is 0 Å². The smallest absolute Gasteiger partial charge is 0.411 e. The third-order valence-corrected chi connectivity index (χ3v) is 7.27. The fourth-order valence-electron chi connectivity index (χ4n) is 5.22. The van der Waals surface area contributed by atoms with E-state index in [1.54, 1.807) is 18.7 Å². The van der Waals surface area contributed by atoms with E-state index in [0.717, 1.165) is 22.3 Å². The molecule has 39 heavy (non-hydrogen) atoms. The van der Waals surface area contributed by atoms with Gasteiger partial charge in [-0.3, -0.25) is 4.98 Å². The molecule has 0 radical (unpaired) electrons. The second-order valence-electron chi connectivity index (χ2n) is 11.0. The first-order valence-corrected chi connectivity index (χ1v) is 13.3. The molecule has 8 heteroatoms. The Labute approximate surface area is 229 Å². The summed E-state index contributed by atoms with van der Waals surface area (Å²) in [4.78, 5) is 28.5. The second-order valence-corrected chi connectivity index (χ2v) is 11.0. The van der Waals surface area contributed by atoms with E-state index in [2.05, 4.69) is 47.1 Å². The Hall–Kier alpha value is -3.91. The van der Waals surface area contributed by atoms with Gasteiger partial charge in [0.2, 0.25) is 0 Å². The molecule has 1 aromatic heterocycles. The number of amides is 2. The van der Waals surface area contributed by atoms with Crippen LogP contribution in [-0.4, -0.2) is 44.4 Å². The number of nitrogens with zero attached hydrogens (tertiary/aromatic N) is 2. The summed E-state index contributed by atoms with van der Waals surface area (Å²) in [7, 11) is 0. The summed E-state index contributed by atoms with van der Waals surface area (Å²) in [6.45, 7) is 6.11. The minimum Gasteiger partial charge on any atom is -0.465 e. The highest BCUT2D eigenvalue weighted by Gasteiger charge is 2.46. The van der Waals surface area contributed by atoms with Crippen LogP contribution in [0.4, 0.5) is 9.59 Å². The third-order valence-electron chi connectivity index (χ3n) is 7.27. The van der Waals surface area contributed by atoms with Crippen LogP contribution in [-0.2, 0) is 10.3 Å². The van der Waals surface area contributed by atoms with Crippen molar-refractivity contribution in [3.63, 3.8) is 0 Å². The topological polar surface area (TPSA) is 126 Å². The first-order valence-electron chi connectivity index (χ1n) is 13.3. The predicted octanol–water partition coefficient (Wildman–Crippen LogP) is 6.21. The molecule has 0 bridgehead atoms. The first-order chi connectivity index (χ1) is 18.5. The van der Waals surface area contributed by atoms with Crippen LogP contribution in [0.15, 0.2) is 72.9 Å². The number of nitrogens with two attached hydrogens (primary N) is 1. The first kappa shape index (κ1) is 28.1. The molecule has 1 saturated heterocycles. The van der Waals surface area contributed by atoms with Crippen molar-refractivity contribution in [3.05, 3.63) is 89.7 Å². The molecular weight excluding hydrogens is 494 g/mol. The predicted molar refractivity (Wildman–Crippen MR) is 149 cm³/mol. The summed E-state index contributed by atoms with van der Waals surface area (Å²) in [6, 6.07) is 22.3. The molecule has 2 fully saturated rings. The van der Waals surface area contributed by atoms with E-state index in [4.69, 9.17) is 14.6 Å². The van der Waals surface area contributed by atoms with Crippen LogP contribution in [0.1, 0.15) is 75.2 Å². The monoisotopic (exact) mass is 531 g/mol. The van der Waals surface area contributed by atoms with Gasteiger partial charge in [0.1, 0.15) is 5.60 Å². The number of aliphatic hydroxyl groups is 1. The molecule has 0 spiro atoms. The van der Waals surface area contributed by atoms with Crippen molar-refractivity contribution in [2.75, 3.05) is 6.54 Å². The number of hydrogen-bond donors (Lipinski definition) is 3. The Bertz CT molecular complexity index is 1260. The van der Waals surface area contributed by atoms with Crippen molar-refractivity contribution in [3.8, 4) is 11.1 Å². The summed E-state index contributed by atoms with van der Waals surface area (Å²) in [5.41, 5.74) is 7.62. The number of pyridine rings is 1. The SMILES string of the molecule is C[C@@H](c1ccc(-c2ccc(C3CC3)nc2)cc1)N1CC[C@](CC(C)(C)O)(c2ccccc2)OC1=O.NC(=O)O. The average Bonchev–Trinajstić information content (AvgIpc) is 3.74. The van der Waals surface area contributed by atoms with E-state index < -0.39 is 17.3 Å². The molecule has 3 aromatic rings. The van der Waals surface area contributed by atoms with Crippen molar-refractivity contribution in [1.29, 1.82) is 0 Å². The van der Waals surface area contributed by atoms with Crippen molar-refractivity contribution in [1.82, 2.24) is 9.88 Å². The zero-order chi connectivity index (χ0) is 28.2. The number of rotatable bonds is 7. The van der Waals surface area contributed by atoms with E-state index in [1.165, 1.54) is 18.5 Å². The van der Waals surface area contributed by atoms with Gasteiger partial charge in [-0.05, 0) is 56.4 Å². The van der Waals surface area contributed by atoms with Crippen molar-refractivity contribution in [2.24, 2.45) is 5.73 Å². The van der Waals surface area contributed by atoms with Crippen molar-refractivity contribution in [2.45, 2.75) is 69.6 Å². The number of primary amides is 1. The maximum Gasteiger partial charge on any atom is 0.411 e. The second kappa shape index (κ2) is 11.5. The Balaban J connectivity index is 0.000000826. The molecule has 1 aliphatic carbocycles. The third kappa shape index (κ3) is 7.15. The van der Waals surface area contributed by atoms with Gasteiger partial charge in [0.15, 0.2) is 0 Å². The summed E-state index contributed by atoms with van der Waals surface area (Å²) >= 11 is 0. The number of cyclic esters (lactones) is 1. The van der Waals surface area contributed by atoms with E-state index in [-0.39, 0.29) is 12.1 Å². The summed E-state index contributed by atoms with van der Waals surface area (Å²) in [6.07, 6.45) is 3.75. The standard InChI is InChI=1S/C30H34N2O3.CH3NO2/c1-21(22-9-11-23(12-10-22)25-15-16-27(31-19-25)24-13-14-24)32-18-17-30(35-28(32)33,20-29(2,3)34)26-7-5-4-6-8-26;2-1(3)4/h4-12,15-16,19,21,24,34H,13-14,17-18,20H2,1-3H3;2H2,(H,3,4)/t21-,30-;/m0./s1.